The van der Waals surface area contributed by atoms with Gasteiger partial charge in [0.05, 0.1) is 6.07 Å². The number of carbonyl (C=O) groups is 1. The minimum absolute atomic E-state index is 0.0602. The Morgan fingerprint density at radius 1 is 1.32 bits per heavy atom. The van der Waals surface area contributed by atoms with E-state index in [4.69, 9.17) is 0 Å². The van der Waals surface area contributed by atoms with Crippen LogP contribution in [0.5, 0.6) is 0 Å². The summed E-state index contributed by atoms with van der Waals surface area (Å²) >= 11 is 0. The highest BCUT2D eigenvalue weighted by atomic mass is 19.1. The molecule has 2 nitrogen and oxygen atoms in total. The molecular formula is C15H15F2NO. The minimum Gasteiger partial charge on any atom is -0.297 e. The average molecular weight is 263 g/mol. The molecule has 19 heavy (non-hydrogen) atoms. The molecule has 0 spiro atoms. The zero-order valence-corrected chi connectivity index (χ0v) is 11.0. The van der Waals surface area contributed by atoms with Gasteiger partial charge in [-0.25, -0.2) is 8.78 Å². The molecule has 1 aliphatic carbocycles. The van der Waals surface area contributed by atoms with E-state index < -0.39 is 22.5 Å². The molecule has 0 amide bonds. The Hall–Kier alpha value is -1.76. The normalized spacial score (nSPS) is 25.3. The fourth-order valence-corrected chi connectivity index (χ4v) is 2.72. The monoisotopic (exact) mass is 263 g/mol. The standard InChI is InChI=1S/C15H15F2NO/c1-14(2)5-6-15(9-18,13(14)19)8-10-7-11(16)3-4-12(10)17/h3-4,7H,5-6,8H2,1-2H3. The fourth-order valence-electron chi connectivity index (χ4n) is 2.72. The highest BCUT2D eigenvalue weighted by Gasteiger charge is 2.52. The van der Waals surface area contributed by atoms with Crippen molar-refractivity contribution < 1.29 is 13.6 Å². The first-order valence-electron chi connectivity index (χ1n) is 6.21. The van der Waals surface area contributed by atoms with Crippen molar-refractivity contribution in [1.29, 1.82) is 5.26 Å². The Morgan fingerprint density at radius 3 is 2.53 bits per heavy atom. The summed E-state index contributed by atoms with van der Waals surface area (Å²) in [6.45, 7) is 3.58. The molecule has 2 rings (SSSR count). The van der Waals surface area contributed by atoms with Crippen molar-refractivity contribution in [1.82, 2.24) is 0 Å². The van der Waals surface area contributed by atoms with E-state index in [-0.39, 0.29) is 17.8 Å². The second kappa shape index (κ2) is 4.41. The van der Waals surface area contributed by atoms with E-state index in [1.807, 2.05) is 6.07 Å². The summed E-state index contributed by atoms with van der Waals surface area (Å²) in [5.74, 6) is -1.31. The van der Waals surface area contributed by atoms with Gasteiger partial charge in [0.1, 0.15) is 17.0 Å². The van der Waals surface area contributed by atoms with Crippen LogP contribution in [-0.2, 0) is 11.2 Å². The summed E-state index contributed by atoms with van der Waals surface area (Å²) in [4.78, 5) is 12.3. The molecule has 1 aromatic rings. The van der Waals surface area contributed by atoms with Crippen LogP contribution in [-0.4, -0.2) is 5.78 Å². The number of ketones is 1. The fraction of sp³-hybridized carbons (Fsp3) is 0.467. The van der Waals surface area contributed by atoms with Crippen molar-refractivity contribution in [3.63, 3.8) is 0 Å². The molecule has 0 N–H and O–H groups in total. The third kappa shape index (κ3) is 2.25. The summed E-state index contributed by atoms with van der Waals surface area (Å²) in [7, 11) is 0. The van der Waals surface area contributed by atoms with E-state index in [1.165, 1.54) is 0 Å². The molecule has 100 valence electrons. The molecule has 1 unspecified atom stereocenters. The first-order valence-corrected chi connectivity index (χ1v) is 6.21. The quantitative estimate of drug-likeness (QED) is 0.820. The summed E-state index contributed by atoms with van der Waals surface area (Å²) in [5, 5.41) is 9.35. The van der Waals surface area contributed by atoms with E-state index in [0.717, 1.165) is 18.2 Å². The predicted molar refractivity (Wildman–Crippen MR) is 66.1 cm³/mol. The van der Waals surface area contributed by atoms with E-state index in [9.17, 15) is 18.8 Å². The van der Waals surface area contributed by atoms with Gasteiger partial charge in [-0.05, 0) is 36.6 Å². The maximum atomic E-state index is 13.7. The lowest BCUT2D eigenvalue weighted by molar-refractivity contribution is -0.130. The highest BCUT2D eigenvalue weighted by Crippen LogP contribution is 2.47. The van der Waals surface area contributed by atoms with Crippen LogP contribution in [0.2, 0.25) is 0 Å². The van der Waals surface area contributed by atoms with Crippen LogP contribution in [0.1, 0.15) is 32.3 Å². The van der Waals surface area contributed by atoms with Crippen molar-refractivity contribution in [3.05, 3.63) is 35.4 Å². The van der Waals surface area contributed by atoms with Gasteiger partial charge in [-0.2, -0.15) is 5.26 Å². The largest absolute Gasteiger partial charge is 0.297 e. The number of carbonyl (C=O) groups excluding carboxylic acids is 1. The second-order valence-corrected chi connectivity index (χ2v) is 5.82. The van der Waals surface area contributed by atoms with Crippen LogP contribution in [0, 0.1) is 33.8 Å². The second-order valence-electron chi connectivity index (χ2n) is 5.82. The number of Topliss-reactive ketones (excluding diaryl/α,β-unsaturated/α-hetero) is 1. The van der Waals surface area contributed by atoms with Gasteiger partial charge < -0.3 is 0 Å². The molecule has 1 fully saturated rings. The molecule has 0 aromatic heterocycles. The number of benzene rings is 1. The van der Waals surface area contributed by atoms with Gasteiger partial charge in [-0.1, -0.05) is 13.8 Å². The molecule has 0 radical (unpaired) electrons. The van der Waals surface area contributed by atoms with Crippen LogP contribution >= 0.6 is 0 Å². The summed E-state index contributed by atoms with van der Waals surface area (Å²) < 4.78 is 26.8. The van der Waals surface area contributed by atoms with Crippen molar-refractivity contribution in [2.24, 2.45) is 10.8 Å². The van der Waals surface area contributed by atoms with Crippen LogP contribution in [0.15, 0.2) is 18.2 Å². The number of hydrogen-bond acceptors (Lipinski definition) is 2. The SMILES string of the molecule is CC1(C)CCC(C#N)(Cc2cc(F)ccc2F)C1=O. The Kier molecular flexibility index (Phi) is 3.17. The third-order valence-corrected chi connectivity index (χ3v) is 3.94. The minimum atomic E-state index is -1.22. The molecule has 0 aliphatic heterocycles. The Morgan fingerprint density at radius 2 is 2.00 bits per heavy atom. The van der Waals surface area contributed by atoms with Crippen molar-refractivity contribution >= 4 is 5.78 Å². The summed E-state index contributed by atoms with van der Waals surface area (Å²) in [6, 6.07) is 5.16. The summed E-state index contributed by atoms with van der Waals surface area (Å²) in [6.07, 6.45) is 0.928. The Labute approximate surface area is 111 Å². The van der Waals surface area contributed by atoms with Gasteiger partial charge >= 0.3 is 0 Å². The van der Waals surface area contributed by atoms with Gasteiger partial charge in [0.2, 0.25) is 0 Å². The molecular weight excluding hydrogens is 248 g/mol. The lowest BCUT2D eigenvalue weighted by Crippen LogP contribution is -2.33. The number of nitriles is 1. The van der Waals surface area contributed by atoms with Gasteiger partial charge in [-0.15, -0.1) is 0 Å². The van der Waals surface area contributed by atoms with Crippen molar-refractivity contribution in [2.45, 2.75) is 33.1 Å². The predicted octanol–water partition coefficient (Wildman–Crippen LogP) is 3.41. The number of halogens is 2. The van der Waals surface area contributed by atoms with E-state index >= 15 is 0 Å². The zero-order chi connectivity index (χ0) is 14.3. The van der Waals surface area contributed by atoms with Crippen molar-refractivity contribution in [3.8, 4) is 6.07 Å². The molecule has 1 saturated carbocycles. The smallest absolute Gasteiger partial charge is 0.158 e. The Bertz CT molecular complexity index is 574. The lowest BCUT2D eigenvalue weighted by Gasteiger charge is -2.22. The third-order valence-electron chi connectivity index (χ3n) is 3.94. The number of rotatable bonds is 2. The van der Waals surface area contributed by atoms with Crippen LogP contribution in [0.25, 0.3) is 0 Å². The molecule has 1 aromatic carbocycles. The van der Waals surface area contributed by atoms with Crippen LogP contribution < -0.4 is 0 Å². The number of hydrogen-bond donors (Lipinski definition) is 0. The van der Waals surface area contributed by atoms with E-state index in [2.05, 4.69) is 0 Å². The molecule has 1 aliphatic rings. The number of nitrogens with zero attached hydrogens (tertiary/aromatic N) is 1. The maximum absolute atomic E-state index is 13.7. The van der Waals surface area contributed by atoms with E-state index in [1.54, 1.807) is 13.8 Å². The molecule has 4 heteroatoms. The van der Waals surface area contributed by atoms with E-state index in [0.29, 0.717) is 12.8 Å². The average Bonchev–Trinajstić information content (AvgIpc) is 2.59. The first kappa shape index (κ1) is 13.7. The zero-order valence-electron chi connectivity index (χ0n) is 11.0. The van der Waals surface area contributed by atoms with Crippen LogP contribution in [0.4, 0.5) is 8.78 Å². The summed E-state index contributed by atoms with van der Waals surface area (Å²) in [5.41, 5.74) is -1.70. The Balaban J connectivity index is 2.38. The van der Waals surface area contributed by atoms with Gasteiger partial charge in [0.25, 0.3) is 0 Å². The van der Waals surface area contributed by atoms with Gasteiger partial charge in [0, 0.05) is 11.8 Å². The molecule has 0 bridgehead atoms. The first-order chi connectivity index (χ1) is 8.81. The maximum Gasteiger partial charge on any atom is 0.158 e. The lowest BCUT2D eigenvalue weighted by atomic mass is 9.77. The molecule has 0 heterocycles. The van der Waals surface area contributed by atoms with Crippen LogP contribution in [0.3, 0.4) is 0 Å². The van der Waals surface area contributed by atoms with Gasteiger partial charge in [0.15, 0.2) is 5.78 Å². The van der Waals surface area contributed by atoms with Crippen molar-refractivity contribution in [2.75, 3.05) is 0 Å². The molecule has 1 atom stereocenters. The van der Waals surface area contributed by atoms with Gasteiger partial charge in [-0.3, -0.25) is 4.79 Å². The topological polar surface area (TPSA) is 40.9 Å². The molecule has 0 saturated heterocycles. The highest BCUT2D eigenvalue weighted by molar-refractivity contribution is 5.94.